The van der Waals surface area contributed by atoms with Gasteiger partial charge in [0, 0.05) is 18.9 Å². The minimum atomic E-state index is -0.190. The van der Waals surface area contributed by atoms with Crippen LogP contribution in [0.25, 0.3) is 0 Å². The van der Waals surface area contributed by atoms with Crippen LogP contribution in [0.5, 0.6) is 5.75 Å². The summed E-state index contributed by atoms with van der Waals surface area (Å²) in [6.45, 7) is 2.14. The SMILES string of the molecule is COc1ccc(CCC(=O)NCC(C)C(N)=NO)cc1. The Bertz CT molecular complexity index is 457. The first-order chi connectivity index (χ1) is 9.56. The zero-order valence-corrected chi connectivity index (χ0v) is 11.8. The molecule has 1 amide bonds. The number of hydrogen-bond donors (Lipinski definition) is 3. The predicted molar refractivity (Wildman–Crippen MR) is 76.9 cm³/mol. The van der Waals surface area contributed by atoms with Gasteiger partial charge in [-0.2, -0.15) is 0 Å². The van der Waals surface area contributed by atoms with E-state index in [9.17, 15) is 4.79 Å². The molecule has 0 aliphatic carbocycles. The Kier molecular flexibility index (Phi) is 6.36. The molecule has 20 heavy (non-hydrogen) atoms. The number of oxime groups is 1. The molecule has 0 aliphatic heterocycles. The predicted octanol–water partition coefficient (Wildman–Crippen LogP) is 1.13. The van der Waals surface area contributed by atoms with E-state index in [2.05, 4.69) is 10.5 Å². The van der Waals surface area contributed by atoms with Crippen LogP contribution in [0.4, 0.5) is 0 Å². The molecule has 1 aromatic carbocycles. The summed E-state index contributed by atoms with van der Waals surface area (Å²) in [6, 6.07) is 7.61. The number of nitrogens with one attached hydrogen (secondary N) is 1. The van der Waals surface area contributed by atoms with Crippen molar-refractivity contribution >= 4 is 11.7 Å². The van der Waals surface area contributed by atoms with Gasteiger partial charge in [0.2, 0.25) is 5.91 Å². The molecule has 1 unspecified atom stereocenters. The lowest BCUT2D eigenvalue weighted by Crippen LogP contribution is -2.34. The molecule has 4 N–H and O–H groups in total. The zero-order chi connectivity index (χ0) is 15.0. The molecular weight excluding hydrogens is 258 g/mol. The van der Waals surface area contributed by atoms with E-state index in [4.69, 9.17) is 15.7 Å². The average Bonchev–Trinajstić information content (AvgIpc) is 2.50. The minimum Gasteiger partial charge on any atom is -0.497 e. The van der Waals surface area contributed by atoms with E-state index < -0.39 is 0 Å². The highest BCUT2D eigenvalue weighted by atomic mass is 16.5. The molecule has 1 rings (SSSR count). The number of ether oxygens (including phenoxy) is 1. The van der Waals surface area contributed by atoms with Gasteiger partial charge in [0.1, 0.15) is 11.6 Å². The van der Waals surface area contributed by atoms with Crippen LogP contribution in [0.15, 0.2) is 29.4 Å². The Labute approximate surface area is 118 Å². The molecule has 1 atom stereocenters. The summed E-state index contributed by atoms with van der Waals surface area (Å²) < 4.78 is 5.07. The van der Waals surface area contributed by atoms with Crippen LogP contribution in [0, 0.1) is 5.92 Å². The molecule has 110 valence electrons. The molecule has 0 aliphatic rings. The van der Waals surface area contributed by atoms with E-state index in [1.807, 2.05) is 24.3 Å². The van der Waals surface area contributed by atoms with Crippen LogP contribution in [-0.4, -0.2) is 30.6 Å². The molecule has 0 heterocycles. The number of aryl methyl sites for hydroxylation is 1. The number of amides is 1. The first-order valence-electron chi connectivity index (χ1n) is 6.44. The van der Waals surface area contributed by atoms with Gasteiger partial charge >= 0.3 is 0 Å². The number of hydrogen-bond acceptors (Lipinski definition) is 4. The molecule has 6 heteroatoms. The maximum atomic E-state index is 11.7. The van der Waals surface area contributed by atoms with Crippen molar-refractivity contribution < 1.29 is 14.7 Å². The summed E-state index contributed by atoms with van der Waals surface area (Å²) in [5.41, 5.74) is 6.51. The Morgan fingerprint density at radius 2 is 2.10 bits per heavy atom. The Morgan fingerprint density at radius 3 is 2.65 bits per heavy atom. The molecule has 0 radical (unpaired) electrons. The van der Waals surface area contributed by atoms with Gasteiger partial charge in [-0.05, 0) is 24.1 Å². The number of nitrogens with two attached hydrogens (primary N) is 1. The topological polar surface area (TPSA) is 96.9 Å². The van der Waals surface area contributed by atoms with E-state index >= 15 is 0 Å². The third kappa shape index (κ3) is 5.17. The highest BCUT2D eigenvalue weighted by molar-refractivity contribution is 5.83. The lowest BCUT2D eigenvalue weighted by atomic mass is 10.1. The third-order valence-corrected chi connectivity index (χ3v) is 3.03. The molecule has 0 fully saturated rings. The molecule has 6 nitrogen and oxygen atoms in total. The van der Waals surface area contributed by atoms with Crippen LogP contribution in [0.2, 0.25) is 0 Å². The highest BCUT2D eigenvalue weighted by Gasteiger charge is 2.09. The smallest absolute Gasteiger partial charge is 0.220 e. The summed E-state index contributed by atoms with van der Waals surface area (Å²) in [5.74, 6) is 0.662. The Balaban J connectivity index is 2.32. The van der Waals surface area contributed by atoms with Crippen molar-refractivity contribution in [3.05, 3.63) is 29.8 Å². The summed E-state index contributed by atoms with van der Waals surface area (Å²) in [7, 11) is 1.62. The van der Waals surface area contributed by atoms with Crippen molar-refractivity contribution in [1.82, 2.24) is 5.32 Å². The van der Waals surface area contributed by atoms with E-state index in [0.29, 0.717) is 19.4 Å². The van der Waals surface area contributed by atoms with Gasteiger partial charge in [-0.1, -0.05) is 24.2 Å². The van der Waals surface area contributed by atoms with Crippen molar-refractivity contribution in [2.75, 3.05) is 13.7 Å². The van der Waals surface area contributed by atoms with Gasteiger partial charge in [0.15, 0.2) is 0 Å². The van der Waals surface area contributed by atoms with Crippen molar-refractivity contribution in [3.63, 3.8) is 0 Å². The van der Waals surface area contributed by atoms with Gasteiger partial charge in [0.05, 0.1) is 7.11 Å². The summed E-state index contributed by atoms with van der Waals surface area (Å²) in [4.78, 5) is 11.7. The van der Waals surface area contributed by atoms with Gasteiger partial charge in [-0.3, -0.25) is 4.79 Å². The fourth-order valence-electron chi connectivity index (χ4n) is 1.61. The maximum Gasteiger partial charge on any atom is 0.220 e. The number of carbonyl (C=O) groups excluding carboxylic acids is 1. The Morgan fingerprint density at radius 1 is 1.45 bits per heavy atom. The first kappa shape index (κ1) is 15.8. The first-order valence-corrected chi connectivity index (χ1v) is 6.44. The van der Waals surface area contributed by atoms with Crippen LogP contribution in [0.3, 0.4) is 0 Å². The molecule has 0 bridgehead atoms. The van der Waals surface area contributed by atoms with Crippen LogP contribution >= 0.6 is 0 Å². The van der Waals surface area contributed by atoms with Crippen molar-refractivity contribution in [2.45, 2.75) is 19.8 Å². The van der Waals surface area contributed by atoms with Crippen LogP contribution in [0.1, 0.15) is 18.9 Å². The molecule has 0 spiro atoms. The maximum absolute atomic E-state index is 11.7. The van der Waals surface area contributed by atoms with Crippen LogP contribution < -0.4 is 15.8 Å². The molecular formula is C14H21N3O3. The van der Waals surface area contributed by atoms with Crippen molar-refractivity contribution in [2.24, 2.45) is 16.8 Å². The lowest BCUT2D eigenvalue weighted by molar-refractivity contribution is -0.121. The number of amidine groups is 1. The number of methoxy groups -OCH3 is 1. The number of nitrogens with zero attached hydrogens (tertiary/aromatic N) is 1. The van der Waals surface area contributed by atoms with Gasteiger partial charge in [-0.25, -0.2) is 0 Å². The second kappa shape index (κ2) is 8.04. The van der Waals surface area contributed by atoms with E-state index in [1.165, 1.54) is 0 Å². The van der Waals surface area contributed by atoms with Gasteiger partial charge in [-0.15, -0.1) is 0 Å². The fourth-order valence-corrected chi connectivity index (χ4v) is 1.61. The summed E-state index contributed by atoms with van der Waals surface area (Å²) >= 11 is 0. The second-order valence-electron chi connectivity index (χ2n) is 4.58. The van der Waals surface area contributed by atoms with Crippen LogP contribution in [-0.2, 0) is 11.2 Å². The average molecular weight is 279 g/mol. The molecule has 0 saturated carbocycles. The summed E-state index contributed by atoms with van der Waals surface area (Å²) in [6.07, 6.45) is 1.06. The molecule has 1 aromatic rings. The normalized spacial score (nSPS) is 12.8. The van der Waals surface area contributed by atoms with E-state index in [-0.39, 0.29) is 17.7 Å². The van der Waals surface area contributed by atoms with E-state index in [1.54, 1.807) is 14.0 Å². The number of benzene rings is 1. The number of rotatable bonds is 7. The molecule has 0 aromatic heterocycles. The fraction of sp³-hybridized carbons (Fsp3) is 0.429. The van der Waals surface area contributed by atoms with E-state index in [0.717, 1.165) is 11.3 Å². The largest absolute Gasteiger partial charge is 0.497 e. The van der Waals surface area contributed by atoms with Gasteiger partial charge in [0.25, 0.3) is 0 Å². The highest BCUT2D eigenvalue weighted by Crippen LogP contribution is 2.12. The molecule has 0 saturated heterocycles. The Hall–Kier alpha value is -2.24. The van der Waals surface area contributed by atoms with Crippen molar-refractivity contribution in [1.29, 1.82) is 0 Å². The minimum absolute atomic E-state index is 0.0570. The third-order valence-electron chi connectivity index (χ3n) is 3.03. The lowest BCUT2D eigenvalue weighted by Gasteiger charge is -2.11. The van der Waals surface area contributed by atoms with Crippen molar-refractivity contribution in [3.8, 4) is 5.75 Å². The number of carbonyl (C=O) groups is 1. The quantitative estimate of drug-likeness (QED) is 0.301. The standard InChI is InChI=1S/C14H21N3O3/c1-10(14(15)17-19)9-16-13(18)8-5-11-3-6-12(20-2)7-4-11/h3-4,6-7,10,19H,5,8-9H2,1-2H3,(H2,15,17)(H,16,18). The zero-order valence-electron chi connectivity index (χ0n) is 11.8. The second-order valence-corrected chi connectivity index (χ2v) is 4.58. The summed E-state index contributed by atoms with van der Waals surface area (Å²) in [5, 5.41) is 14.2. The van der Waals surface area contributed by atoms with Gasteiger partial charge < -0.3 is 21.0 Å². The monoisotopic (exact) mass is 279 g/mol.